The van der Waals surface area contributed by atoms with E-state index in [-0.39, 0.29) is 11.4 Å². The highest BCUT2D eigenvalue weighted by Gasteiger charge is 2.20. The third kappa shape index (κ3) is 3.91. The SMILES string of the molecule is CC(C)(CBr)NC(=O)c1ccc(Br)cn1. The van der Waals surface area contributed by atoms with Crippen molar-refractivity contribution in [3.8, 4) is 0 Å². The van der Waals surface area contributed by atoms with E-state index in [1.54, 1.807) is 18.3 Å². The minimum atomic E-state index is -0.272. The molecule has 0 spiro atoms. The predicted octanol–water partition coefficient (Wildman–Crippen LogP) is 2.75. The number of pyridine rings is 1. The molecule has 15 heavy (non-hydrogen) atoms. The van der Waals surface area contributed by atoms with Gasteiger partial charge in [-0.05, 0) is 41.9 Å². The van der Waals surface area contributed by atoms with Crippen LogP contribution < -0.4 is 5.32 Å². The summed E-state index contributed by atoms with van der Waals surface area (Å²) in [4.78, 5) is 15.7. The smallest absolute Gasteiger partial charge is 0.270 e. The van der Waals surface area contributed by atoms with E-state index in [0.29, 0.717) is 11.0 Å². The van der Waals surface area contributed by atoms with Crippen LogP contribution in [-0.4, -0.2) is 21.8 Å². The predicted molar refractivity (Wildman–Crippen MR) is 67.3 cm³/mol. The number of nitrogens with one attached hydrogen (secondary N) is 1. The van der Waals surface area contributed by atoms with Crippen molar-refractivity contribution in [2.45, 2.75) is 19.4 Å². The number of carbonyl (C=O) groups excluding carboxylic acids is 1. The van der Waals surface area contributed by atoms with E-state index < -0.39 is 0 Å². The number of alkyl halides is 1. The van der Waals surface area contributed by atoms with E-state index in [2.05, 4.69) is 42.2 Å². The molecule has 0 saturated carbocycles. The fourth-order valence-electron chi connectivity index (χ4n) is 0.915. The maximum atomic E-state index is 11.7. The lowest BCUT2D eigenvalue weighted by Crippen LogP contribution is -2.45. The van der Waals surface area contributed by atoms with E-state index in [1.807, 2.05) is 13.8 Å². The third-order valence-corrected chi connectivity index (χ3v) is 3.62. The normalized spacial score (nSPS) is 11.2. The van der Waals surface area contributed by atoms with Crippen LogP contribution in [0.3, 0.4) is 0 Å². The molecule has 5 heteroatoms. The number of amides is 1. The van der Waals surface area contributed by atoms with Crippen molar-refractivity contribution in [2.75, 3.05) is 5.33 Å². The van der Waals surface area contributed by atoms with Crippen LogP contribution in [0, 0.1) is 0 Å². The molecule has 1 aromatic heterocycles. The Hall–Kier alpha value is -0.420. The molecular weight excluding hydrogens is 324 g/mol. The Kier molecular flexibility index (Phi) is 4.28. The first kappa shape index (κ1) is 12.6. The molecule has 0 atom stereocenters. The third-order valence-electron chi connectivity index (χ3n) is 1.75. The largest absolute Gasteiger partial charge is 0.345 e. The molecule has 0 aliphatic rings. The summed E-state index contributed by atoms with van der Waals surface area (Å²) in [5, 5.41) is 3.57. The summed E-state index contributed by atoms with van der Waals surface area (Å²) in [5.41, 5.74) is 0.151. The Bertz CT molecular complexity index is 349. The van der Waals surface area contributed by atoms with Gasteiger partial charge in [-0.25, -0.2) is 4.98 Å². The van der Waals surface area contributed by atoms with Crippen LogP contribution in [0.15, 0.2) is 22.8 Å². The van der Waals surface area contributed by atoms with E-state index >= 15 is 0 Å². The Morgan fingerprint density at radius 2 is 2.20 bits per heavy atom. The molecule has 1 rings (SSSR count). The second-order valence-electron chi connectivity index (χ2n) is 3.83. The number of nitrogens with zero attached hydrogens (tertiary/aromatic N) is 1. The topological polar surface area (TPSA) is 42.0 Å². The van der Waals surface area contributed by atoms with Crippen molar-refractivity contribution in [1.82, 2.24) is 10.3 Å². The molecule has 0 saturated heterocycles. The van der Waals surface area contributed by atoms with Gasteiger partial charge in [-0.15, -0.1) is 0 Å². The van der Waals surface area contributed by atoms with Gasteiger partial charge in [-0.2, -0.15) is 0 Å². The van der Waals surface area contributed by atoms with Gasteiger partial charge in [0.1, 0.15) is 5.69 Å². The molecule has 0 aliphatic heterocycles. The molecule has 1 aromatic rings. The van der Waals surface area contributed by atoms with Crippen LogP contribution in [0.1, 0.15) is 24.3 Å². The number of carbonyl (C=O) groups is 1. The first-order chi connectivity index (χ1) is 6.94. The van der Waals surface area contributed by atoms with Gasteiger partial charge >= 0.3 is 0 Å². The maximum Gasteiger partial charge on any atom is 0.270 e. The van der Waals surface area contributed by atoms with Crippen molar-refractivity contribution in [2.24, 2.45) is 0 Å². The van der Waals surface area contributed by atoms with Crippen molar-refractivity contribution < 1.29 is 4.79 Å². The zero-order valence-electron chi connectivity index (χ0n) is 8.55. The van der Waals surface area contributed by atoms with Gasteiger partial charge in [-0.1, -0.05) is 15.9 Å². The van der Waals surface area contributed by atoms with Gasteiger partial charge in [0.05, 0.1) is 0 Å². The molecule has 0 unspecified atom stereocenters. The summed E-state index contributed by atoms with van der Waals surface area (Å²) in [6, 6.07) is 3.48. The highest BCUT2D eigenvalue weighted by molar-refractivity contribution is 9.10. The van der Waals surface area contributed by atoms with Gasteiger partial charge in [0.15, 0.2) is 0 Å². The second-order valence-corrected chi connectivity index (χ2v) is 5.31. The molecule has 1 heterocycles. The van der Waals surface area contributed by atoms with Gasteiger partial charge in [-0.3, -0.25) is 4.79 Å². The fourth-order valence-corrected chi connectivity index (χ4v) is 1.29. The lowest BCUT2D eigenvalue weighted by atomic mass is 10.1. The summed E-state index contributed by atoms with van der Waals surface area (Å²) in [5.74, 6) is -0.160. The first-order valence-corrected chi connectivity index (χ1v) is 6.36. The van der Waals surface area contributed by atoms with Gasteiger partial charge < -0.3 is 5.32 Å². The van der Waals surface area contributed by atoms with Crippen molar-refractivity contribution in [3.05, 3.63) is 28.5 Å². The molecule has 82 valence electrons. The van der Waals surface area contributed by atoms with E-state index in [1.165, 1.54) is 0 Å². The molecule has 0 radical (unpaired) electrons. The summed E-state index contributed by atoms with van der Waals surface area (Å²) in [7, 11) is 0. The van der Waals surface area contributed by atoms with E-state index in [0.717, 1.165) is 4.47 Å². The van der Waals surface area contributed by atoms with Crippen LogP contribution in [-0.2, 0) is 0 Å². The van der Waals surface area contributed by atoms with Gasteiger partial charge in [0.2, 0.25) is 0 Å². The van der Waals surface area contributed by atoms with Crippen LogP contribution in [0.5, 0.6) is 0 Å². The number of halogens is 2. The Morgan fingerprint density at radius 3 is 2.67 bits per heavy atom. The summed E-state index contributed by atoms with van der Waals surface area (Å²) >= 11 is 6.61. The van der Waals surface area contributed by atoms with Crippen molar-refractivity contribution in [1.29, 1.82) is 0 Å². The first-order valence-electron chi connectivity index (χ1n) is 4.45. The number of aromatic nitrogens is 1. The zero-order valence-corrected chi connectivity index (χ0v) is 11.7. The summed E-state index contributed by atoms with van der Waals surface area (Å²) in [6.45, 7) is 3.89. The number of hydrogen-bond donors (Lipinski definition) is 1. The minimum absolute atomic E-state index is 0.160. The summed E-state index contributed by atoms with van der Waals surface area (Å²) < 4.78 is 0.860. The summed E-state index contributed by atoms with van der Waals surface area (Å²) in [6.07, 6.45) is 1.61. The Labute approximate surface area is 106 Å². The van der Waals surface area contributed by atoms with Crippen LogP contribution in [0.2, 0.25) is 0 Å². The highest BCUT2D eigenvalue weighted by atomic mass is 79.9. The monoisotopic (exact) mass is 334 g/mol. The second kappa shape index (κ2) is 5.07. The molecule has 3 nitrogen and oxygen atoms in total. The molecule has 1 N–H and O–H groups in total. The lowest BCUT2D eigenvalue weighted by Gasteiger charge is -2.23. The van der Waals surface area contributed by atoms with Gasteiger partial charge in [0, 0.05) is 21.5 Å². The molecule has 0 aliphatic carbocycles. The average Bonchev–Trinajstić information content (AvgIpc) is 2.18. The molecular formula is C10H12Br2N2O. The highest BCUT2D eigenvalue weighted by Crippen LogP contribution is 2.10. The Balaban J connectivity index is 2.74. The lowest BCUT2D eigenvalue weighted by molar-refractivity contribution is 0.0916. The fraction of sp³-hybridized carbons (Fsp3) is 0.400. The van der Waals surface area contributed by atoms with Crippen LogP contribution in [0.4, 0.5) is 0 Å². The molecule has 0 aromatic carbocycles. The quantitative estimate of drug-likeness (QED) is 0.863. The Morgan fingerprint density at radius 1 is 1.53 bits per heavy atom. The van der Waals surface area contributed by atoms with E-state index in [4.69, 9.17) is 0 Å². The maximum absolute atomic E-state index is 11.7. The molecule has 0 fully saturated rings. The standard InChI is InChI=1S/C10H12Br2N2O/c1-10(2,6-11)14-9(15)8-4-3-7(12)5-13-8/h3-5H,6H2,1-2H3,(H,14,15). The van der Waals surface area contributed by atoms with Crippen molar-refractivity contribution >= 4 is 37.8 Å². The van der Waals surface area contributed by atoms with Crippen molar-refractivity contribution in [3.63, 3.8) is 0 Å². The molecule has 0 bridgehead atoms. The number of rotatable bonds is 3. The van der Waals surface area contributed by atoms with E-state index in [9.17, 15) is 4.79 Å². The number of hydrogen-bond acceptors (Lipinski definition) is 2. The minimum Gasteiger partial charge on any atom is -0.345 e. The molecule has 1 amide bonds. The zero-order chi connectivity index (χ0) is 11.5. The van der Waals surface area contributed by atoms with Crippen LogP contribution >= 0.6 is 31.9 Å². The average molecular weight is 336 g/mol. The van der Waals surface area contributed by atoms with Gasteiger partial charge in [0.25, 0.3) is 5.91 Å². The van der Waals surface area contributed by atoms with Crippen LogP contribution in [0.25, 0.3) is 0 Å².